The van der Waals surface area contributed by atoms with Crippen molar-refractivity contribution in [2.45, 2.75) is 32.7 Å². The second kappa shape index (κ2) is 11.7. The minimum Gasteiger partial charge on any atom is -0.338 e. The standard InChI is InChI=1S/C37H38N8O2/c1-25-19-29(9-14-38-25)34-32-20-31(8-7-30(32)21-39-34)45-18-13-37(36(45)47)12-17-43(23-37)22-33(46)44-15-10-27(11-16-44)26-3-5-28(6-4-26)35-40-24-42(2)41-35/h3-10,14,19-20,24H,11-13,15-18,21-23H2,1-2H3/t37-/m1/s1. The summed E-state index contributed by atoms with van der Waals surface area (Å²) in [5.41, 5.74) is 9.18. The first kappa shape index (κ1) is 29.4. The van der Waals surface area contributed by atoms with Crippen LogP contribution < -0.4 is 4.90 Å². The molecule has 0 bridgehead atoms. The fraction of sp³-hybridized carbons (Fsp3) is 0.351. The molecule has 6 heterocycles. The van der Waals surface area contributed by atoms with E-state index < -0.39 is 5.41 Å². The topological polar surface area (TPSA) is 99.8 Å². The SMILES string of the molecule is Cc1cc(C2=NCc3ccc(N4CC[C@@]5(CCN(CC(=O)N6CC=C(c7ccc(-c8ncn(C)n8)cc7)CC6)C5)C4=O)cc32)ccn1. The maximum Gasteiger partial charge on any atom is 0.237 e. The Bertz CT molecular complexity index is 1940. The predicted octanol–water partition coefficient (Wildman–Crippen LogP) is 4.28. The van der Waals surface area contributed by atoms with Crippen LogP contribution in [0, 0.1) is 12.3 Å². The Hall–Kier alpha value is -4.96. The van der Waals surface area contributed by atoms with Crippen LogP contribution in [0.2, 0.25) is 0 Å². The number of anilines is 1. The smallest absolute Gasteiger partial charge is 0.237 e. The molecular formula is C37H38N8O2. The first-order valence-corrected chi connectivity index (χ1v) is 16.4. The highest BCUT2D eigenvalue weighted by Crippen LogP contribution is 2.43. The molecule has 8 rings (SSSR count). The van der Waals surface area contributed by atoms with Crippen molar-refractivity contribution in [1.82, 2.24) is 29.5 Å². The summed E-state index contributed by atoms with van der Waals surface area (Å²) in [6.07, 6.45) is 8.11. The van der Waals surface area contributed by atoms with Gasteiger partial charge in [0.15, 0.2) is 5.82 Å². The fourth-order valence-corrected chi connectivity index (χ4v) is 7.57. The lowest BCUT2D eigenvalue weighted by molar-refractivity contribution is -0.132. The molecule has 2 amide bonds. The fourth-order valence-electron chi connectivity index (χ4n) is 7.57. The number of amides is 2. The number of aromatic nitrogens is 4. The summed E-state index contributed by atoms with van der Waals surface area (Å²) < 4.78 is 1.70. The van der Waals surface area contributed by atoms with Gasteiger partial charge in [-0.2, -0.15) is 5.10 Å². The van der Waals surface area contributed by atoms with Gasteiger partial charge in [0.2, 0.25) is 11.8 Å². The largest absolute Gasteiger partial charge is 0.338 e. The molecule has 2 fully saturated rings. The Morgan fingerprint density at radius 1 is 0.936 bits per heavy atom. The van der Waals surface area contributed by atoms with Gasteiger partial charge < -0.3 is 9.80 Å². The van der Waals surface area contributed by atoms with Crippen LogP contribution >= 0.6 is 0 Å². The normalized spacial score (nSPS) is 21.0. The lowest BCUT2D eigenvalue weighted by Crippen LogP contribution is -2.43. The van der Waals surface area contributed by atoms with Crippen LogP contribution in [0.25, 0.3) is 17.0 Å². The molecule has 2 aromatic heterocycles. The van der Waals surface area contributed by atoms with Crippen molar-refractivity contribution in [2.24, 2.45) is 17.5 Å². The maximum atomic E-state index is 14.0. The van der Waals surface area contributed by atoms with Crippen LogP contribution in [0.5, 0.6) is 0 Å². The molecule has 1 spiro atoms. The van der Waals surface area contributed by atoms with Gasteiger partial charge in [-0.05, 0) is 73.7 Å². The summed E-state index contributed by atoms with van der Waals surface area (Å²) in [4.78, 5) is 46.9. The first-order chi connectivity index (χ1) is 22.8. The molecule has 1 atom stereocenters. The minimum atomic E-state index is -0.426. The molecular weight excluding hydrogens is 588 g/mol. The molecule has 4 aliphatic rings. The van der Waals surface area contributed by atoms with E-state index in [9.17, 15) is 9.59 Å². The average molecular weight is 627 g/mol. The van der Waals surface area contributed by atoms with Crippen LogP contribution in [0.15, 0.2) is 78.2 Å². The number of hydrogen-bond acceptors (Lipinski definition) is 7. The van der Waals surface area contributed by atoms with E-state index in [2.05, 4.69) is 74.6 Å². The van der Waals surface area contributed by atoms with E-state index in [-0.39, 0.29) is 11.8 Å². The highest BCUT2D eigenvalue weighted by molar-refractivity contribution is 6.16. The van der Waals surface area contributed by atoms with Gasteiger partial charge >= 0.3 is 0 Å². The van der Waals surface area contributed by atoms with Crippen LogP contribution in [0.3, 0.4) is 0 Å². The lowest BCUT2D eigenvalue weighted by atomic mass is 9.85. The van der Waals surface area contributed by atoms with Gasteiger partial charge in [-0.1, -0.05) is 36.4 Å². The van der Waals surface area contributed by atoms with Crippen LogP contribution in [0.4, 0.5) is 5.69 Å². The number of aliphatic imine (C=N–C) groups is 1. The highest BCUT2D eigenvalue weighted by Gasteiger charge is 2.51. The molecule has 47 heavy (non-hydrogen) atoms. The summed E-state index contributed by atoms with van der Waals surface area (Å²) in [5.74, 6) is 1.03. The van der Waals surface area contributed by atoms with Gasteiger partial charge in [0.25, 0.3) is 0 Å². The molecule has 10 nitrogen and oxygen atoms in total. The molecule has 0 N–H and O–H groups in total. The molecule has 2 aromatic carbocycles. The van der Waals surface area contributed by atoms with E-state index in [0.717, 1.165) is 59.6 Å². The molecule has 0 aliphatic carbocycles. The molecule has 2 saturated heterocycles. The molecule has 238 valence electrons. The van der Waals surface area contributed by atoms with Crippen molar-refractivity contribution in [1.29, 1.82) is 0 Å². The number of fused-ring (bicyclic) bond motifs is 1. The van der Waals surface area contributed by atoms with Crippen molar-refractivity contribution >= 4 is 28.8 Å². The zero-order valence-corrected chi connectivity index (χ0v) is 26.9. The van der Waals surface area contributed by atoms with Crippen molar-refractivity contribution in [3.8, 4) is 11.4 Å². The van der Waals surface area contributed by atoms with Crippen LogP contribution in [0.1, 0.15) is 47.2 Å². The van der Waals surface area contributed by atoms with Crippen LogP contribution in [-0.2, 0) is 23.2 Å². The van der Waals surface area contributed by atoms with E-state index in [0.29, 0.717) is 45.1 Å². The van der Waals surface area contributed by atoms with Gasteiger partial charge in [-0.3, -0.25) is 29.1 Å². The number of aryl methyl sites for hydroxylation is 2. The number of nitrogens with zero attached hydrogens (tertiary/aromatic N) is 8. The number of carbonyl (C=O) groups is 2. The summed E-state index contributed by atoms with van der Waals surface area (Å²) >= 11 is 0. The second-order valence-corrected chi connectivity index (χ2v) is 13.3. The lowest BCUT2D eigenvalue weighted by Gasteiger charge is -2.29. The molecule has 4 aliphatic heterocycles. The number of carbonyl (C=O) groups excluding carboxylic acids is 2. The van der Waals surface area contributed by atoms with Crippen LogP contribution in [-0.4, -0.2) is 86.3 Å². The Kier molecular flexibility index (Phi) is 7.32. The van der Waals surface area contributed by atoms with E-state index in [1.807, 2.05) is 36.0 Å². The van der Waals surface area contributed by atoms with Crippen molar-refractivity contribution in [2.75, 3.05) is 44.2 Å². The van der Waals surface area contributed by atoms with E-state index >= 15 is 0 Å². The Morgan fingerprint density at radius 3 is 2.53 bits per heavy atom. The Balaban J connectivity index is 0.885. The van der Waals surface area contributed by atoms with E-state index in [1.165, 1.54) is 16.7 Å². The van der Waals surface area contributed by atoms with Gasteiger partial charge in [0.05, 0.1) is 24.2 Å². The zero-order valence-electron chi connectivity index (χ0n) is 26.9. The Labute approximate surface area is 274 Å². The minimum absolute atomic E-state index is 0.132. The van der Waals surface area contributed by atoms with Gasteiger partial charge in [-0.25, -0.2) is 4.98 Å². The number of likely N-dealkylation sites (tertiary alicyclic amines) is 1. The summed E-state index contributed by atoms with van der Waals surface area (Å²) in [6.45, 7) is 6.38. The van der Waals surface area contributed by atoms with Crippen molar-refractivity contribution < 1.29 is 9.59 Å². The molecule has 0 saturated carbocycles. The summed E-state index contributed by atoms with van der Waals surface area (Å²) in [6, 6.07) is 18.7. The first-order valence-electron chi connectivity index (χ1n) is 16.4. The second-order valence-electron chi connectivity index (χ2n) is 13.3. The number of hydrogen-bond donors (Lipinski definition) is 0. The number of benzene rings is 2. The van der Waals surface area contributed by atoms with Gasteiger partial charge in [0.1, 0.15) is 6.33 Å². The highest BCUT2D eigenvalue weighted by atomic mass is 16.2. The summed E-state index contributed by atoms with van der Waals surface area (Å²) in [5, 5.41) is 4.38. The van der Waals surface area contributed by atoms with Gasteiger partial charge in [0, 0.05) is 67.5 Å². The predicted molar refractivity (Wildman–Crippen MR) is 181 cm³/mol. The van der Waals surface area contributed by atoms with E-state index in [4.69, 9.17) is 4.99 Å². The third kappa shape index (κ3) is 5.46. The third-order valence-corrected chi connectivity index (χ3v) is 10.2. The van der Waals surface area contributed by atoms with Gasteiger partial charge in [-0.15, -0.1) is 0 Å². The molecule has 10 heteroatoms. The van der Waals surface area contributed by atoms with Crippen molar-refractivity contribution in [3.63, 3.8) is 0 Å². The number of rotatable bonds is 6. The Morgan fingerprint density at radius 2 is 1.77 bits per heavy atom. The molecule has 0 unspecified atom stereocenters. The van der Waals surface area contributed by atoms with E-state index in [1.54, 1.807) is 11.0 Å². The zero-order chi connectivity index (χ0) is 32.1. The number of pyridine rings is 1. The molecule has 4 aromatic rings. The van der Waals surface area contributed by atoms with Crippen molar-refractivity contribution in [3.05, 3.63) is 101 Å². The monoisotopic (exact) mass is 626 g/mol. The quantitative estimate of drug-likeness (QED) is 0.317. The average Bonchev–Trinajstić information content (AvgIpc) is 3.88. The maximum absolute atomic E-state index is 14.0. The third-order valence-electron chi connectivity index (χ3n) is 10.2. The summed E-state index contributed by atoms with van der Waals surface area (Å²) in [7, 11) is 1.86. The molecule has 0 radical (unpaired) electrons.